The van der Waals surface area contributed by atoms with Crippen molar-refractivity contribution in [2.75, 3.05) is 58.1 Å². The number of carbonyl (C=O) groups excluding carboxylic acids is 7. The fourth-order valence-electron chi connectivity index (χ4n) is 8.80. The third-order valence-corrected chi connectivity index (χ3v) is 13.9. The molecule has 2 aliphatic rings. The lowest BCUT2D eigenvalue weighted by Crippen LogP contribution is -2.50. The van der Waals surface area contributed by atoms with E-state index in [0.29, 0.717) is 67.1 Å². The molecule has 2 aromatic heterocycles. The second-order valence-electron chi connectivity index (χ2n) is 20.1. The van der Waals surface area contributed by atoms with Gasteiger partial charge < -0.3 is 54.4 Å². The monoisotopic (exact) mass is 1080 g/mol. The number of hydrogen-bond donors (Lipinski definition) is 4. The first-order valence-corrected chi connectivity index (χ1v) is 26.5. The van der Waals surface area contributed by atoms with Crippen LogP contribution in [0.4, 0.5) is 10.5 Å². The predicted molar refractivity (Wildman–Crippen MR) is 283 cm³/mol. The van der Waals surface area contributed by atoms with Gasteiger partial charge in [0.25, 0.3) is 0 Å². The van der Waals surface area contributed by atoms with Crippen LogP contribution in [0.3, 0.4) is 0 Å². The number of pyridine rings is 1. The van der Waals surface area contributed by atoms with Gasteiger partial charge in [-0.2, -0.15) is 0 Å². The van der Waals surface area contributed by atoms with Crippen LogP contribution in [0.5, 0.6) is 0 Å². The number of rotatable bonds is 27. The zero-order valence-electron chi connectivity index (χ0n) is 44.9. The number of amides is 4. The minimum absolute atomic E-state index is 0.0510. The highest BCUT2D eigenvalue weighted by molar-refractivity contribution is 7.88. The lowest BCUT2D eigenvalue weighted by Gasteiger charge is -2.35. The quantitative estimate of drug-likeness (QED) is 0.0378. The van der Waals surface area contributed by atoms with Crippen molar-refractivity contribution >= 4 is 76.2 Å². The number of carbonyl (C=O) groups is 7. The molecule has 2 atom stereocenters. The number of esters is 1. The Kier molecular flexibility index (Phi) is 20.1. The summed E-state index contributed by atoms with van der Waals surface area (Å²) in [6, 6.07) is 14.1. The topological polar surface area (TPSA) is 287 Å². The summed E-state index contributed by atoms with van der Waals surface area (Å²) < 4.78 is 44.3. The first-order chi connectivity index (χ1) is 36.6. The summed E-state index contributed by atoms with van der Waals surface area (Å²) in [5.74, 6) is -2.54. The van der Waals surface area contributed by atoms with Gasteiger partial charge in [0.05, 0.1) is 60.5 Å². The van der Waals surface area contributed by atoms with Gasteiger partial charge in [-0.15, -0.1) is 9.40 Å². The number of anilines is 1. The van der Waals surface area contributed by atoms with Gasteiger partial charge >= 0.3 is 12.1 Å². The summed E-state index contributed by atoms with van der Waals surface area (Å²) in [7, 11) is 1.87. The lowest BCUT2D eigenvalue weighted by atomic mass is 9.84. The van der Waals surface area contributed by atoms with Gasteiger partial charge in [0.2, 0.25) is 29.7 Å². The molecule has 4 N–H and O–H groups in total. The molecule has 24 heteroatoms. The Bertz CT molecular complexity index is 2860. The molecule has 0 fully saturated rings. The Labute approximate surface area is 450 Å². The van der Waals surface area contributed by atoms with Crippen molar-refractivity contribution in [1.29, 1.82) is 0 Å². The lowest BCUT2D eigenvalue weighted by molar-refractivity contribution is -0.165. The molecular formula is C53H68N10O13S. The molecule has 0 bridgehead atoms. The average molecular weight is 1090 g/mol. The molecule has 0 spiro atoms. The molecule has 4 heterocycles. The maximum Gasteiger partial charge on any atom is 0.510 e. The SMILES string of the molecule is CC[C@@]1(OC(=O)OCc2ccc(NC(=O)CNC(=O)COCC(=O)NC(C)(C)COC(C)(C)Cn3cc(CNC=O)nn3)cc2)C(=O)OCC(C=O)=C1/C=C1/c2nc3ccccc3c(CCN(C(C)C)[S+](C)[O-])c2CN1C. The van der Waals surface area contributed by atoms with Crippen LogP contribution in [-0.2, 0) is 96.5 Å². The van der Waals surface area contributed by atoms with E-state index >= 15 is 0 Å². The van der Waals surface area contributed by atoms with E-state index < -0.39 is 77.7 Å². The maximum atomic E-state index is 13.8. The van der Waals surface area contributed by atoms with Gasteiger partial charge in [-0.1, -0.05) is 42.5 Å². The Morgan fingerprint density at radius 1 is 1.03 bits per heavy atom. The van der Waals surface area contributed by atoms with E-state index in [2.05, 4.69) is 31.6 Å². The standard InChI is InChI=1S/C53H68N10O13S/c1-10-53(42(36(26-64)28-73-49(53)69)21-44-48-41(25-61(44)8)39(19-20-63(34(2)3)77(9)71)40-13-11-12-14-43(40)57-48)76-50(70)74-27-35-15-17-37(18-16-35)56-45(66)23-55-46(67)29-72-30-47(68)58-51(4,5)32-75-52(6,7)31-62-24-38(59-60-62)22-54-33-65/h11-18,21,24,26,33-34H,10,19-20,22-23,25,27-32H2,1-9H3,(H,54,65)(H,55,67)(H,56,66)(H,58,68)/b44-21-/t53-,77?/m0/s1. The number of nitrogens with one attached hydrogen (secondary N) is 4. The van der Waals surface area contributed by atoms with E-state index in [0.717, 1.165) is 22.0 Å². The predicted octanol–water partition coefficient (Wildman–Crippen LogP) is 3.42. The molecule has 0 saturated heterocycles. The van der Waals surface area contributed by atoms with E-state index in [-0.39, 0.29) is 50.0 Å². The second kappa shape index (κ2) is 26.2. The molecule has 77 heavy (non-hydrogen) atoms. The van der Waals surface area contributed by atoms with Gasteiger partial charge in [0.1, 0.15) is 44.7 Å². The molecule has 2 aliphatic heterocycles. The van der Waals surface area contributed by atoms with Gasteiger partial charge in [-0.25, -0.2) is 19.3 Å². The van der Waals surface area contributed by atoms with Crippen LogP contribution >= 0.6 is 0 Å². The normalized spacial score (nSPS) is 16.5. The number of para-hydroxylation sites is 1. The van der Waals surface area contributed by atoms with Crippen molar-refractivity contribution in [1.82, 2.24) is 45.1 Å². The van der Waals surface area contributed by atoms with Gasteiger partial charge in [-0.05, 0) is 89.8 Å². The van der Waals surface area contributed by atoms with Crippen molar-refractivity contribution in [3.63, 3.8) is 0 Å². The minimum Gasteiger partial charge on any atom is -0.598 e. The third kappa shape index (κ3) is 15.7. The fraction of sp³-hybridized carbons (Fsp3) is 0.472. The third-order valence-electron chi connectivity index (χ3n) is 12.6. The van der Waals surface area contributed by atoms with E-state index in [1.165, 1.54) is 0 Å². The molecule has 0 saturated carbocycles. The summed E-state index contributed by atoms with van der Waals surface area (Å²) in [5.41, 5.74) is 2.13. The number of nitrogens with zero attached hydrogens (tertiary/aromatic N) is 6. The highest BCUT2D eigenvalue weighted by Gasteiger charge is 2.50. The van der Waals surface area contributed by atoms with E-state index in [1.54, 1.807) is 68.2 Å². The van der Waals surface area contributed by atoms with Crippen LogP contribution in [0.1, 0.15) is 83.0 Å². The zero-order valence-corrected chi connectivity index (χ0v) is 45.7. The Morgan fingerprint density at radius 3 is 2.44 bits per heavy atom. The molecule has 0 radical (unpaired) electrons. The van der Waals surface area contributed by atoms with Crippen molar-refractivity contribution in [3.05, 3.63) is 100 Å². The molecule has 2 aromatic carbocycles. The van der Waals surface area contributed by atoms with Gasteiger partial charge in [0, 0.05) is 65.3 Å². The van der Waals surface area contributed by atoms with Crippen molar-refractivity contribution in [3.8, 4) is 0 Å². The van der Waals surface area contributed by atoms with Gasteiger partial charge in [-0.3, -0.25) is 24.0 Å². The molecular weight excluding hydrogens is 1020 g/mol. The van der Waals surface area contributed by atoms with Crippen molar-refractivity contribution < 1.29 is 61.8 Å². The number of hydrogen-bond acceptors (Lipinski definition) is 18. The van der Waals surface area contributed by atoms with E-state index in [9.17, 15) is 38.1 Å². The van der Waals surface area contributed by atoms with Crippen LogP contribution in [-0.4, -0.2) is 152 Å². The first-order valence-electron chi connectivity index (χ1n) is 25.0. The van der Waals surface area contributed by atoms with Crippen LogP contribution < -0.4 is 21.3 Å². The number of benzene rings is 2. The molecule has 4 amide bonds. The summed E-state index contributed by atoms with van der Waals surface area (Å²) >= 11 is -1.19. The summed E-state index contributed by atoms with van der Waals surface area (Å²) in [4.78, 5) is 95.2. The average Bonchev–Trinajstić information content (AvgIpc) is 3.98. The van der Waals surface area contributed by atoms with Crippen molar-refractivity contribution in [2.24, 2.45) is 0 Å². The highest BCUT2D eigenvalue weighted by atomic mass is 32.2. The largest absolute Gasteiger partial charge is 0.598 e. The molecule has 0 aliphatic carbocycles. The van der Waals surface area contributed by atoms with Crippen LogP contribution in [0.25, 0.3) is 16.6 Å². The molecule has 23 nitrogen and oxygen atoms in total. The van der Waals surface area contributed by atoms with E-state index in [4.69, 9.17) is 28.7 Å². The fourth-order valence-corrected chi connectivity index (χ4v) is 9.74. The molecule has 6 rings (SSSR count). The Balaban J connectivity index is 0.984. The van der Waals surface area contributed by atoms with Crippen LogP contribution in [0, 0.1) is 0 Å². The Morgan fingerprint density at radius 2 is 1.75 bits per heavy atom. The summed E-state index contributed by atoms with van der Waals surface area (Å²) in [6.07, 6.45) is 5.47. The molecule has 414 valence electrons. The van der Waals surface area contributed by atoms with E-state index in [1.807, 2.05) is 68.2 Å². The van der Waals surface area contributed by atoms with Gasteiger partial charge in [0.15, 0.2) is 0 Å². The smallest absolute Gasteiger partial charge is 0.510 e. The number of ether oxygens (including phenoxy) is 5. The second-order valence-corrected chi connectivity index (χ2v) is 21.4. The van der Waals surface area contributed by atoms with Crippen LogP contribution in [0.2, 0.25) is 0 Å². The highest BCUT2D eigenvalue weighted by Crippen LogP contribution is 2.41. The van der Waals surface area contributed by atoms with Crippen molar-refractivity contribution in [2.45, 2.75) is 110 Å². The summed E-state index contributed by atoms with van der Waals surface area (Å²) in [5, 5.41) is 19.4. The number of aldehydes is 1. The number of aromatic nitrogens is 4. The number of cyclic esters (lactones) is 1. The first kappa shape index (κ1) is 59.0. The van der Waals surface area contributed by atoms with Crippen LogP contribution in [0.15, 0.2) is 72.0 Å². The number of fused-ring (bicyclic) bond motifs is 2. The molecule has 4 aromatic rings. The summed E-state index contributed by atoms with van der Waals surface area (Å²) in [6.45, 7) is 12.7. The Hall–Kier alpha value is -7.25. The maximum absolute atomic E-state index is 13.8. The zero-order chi connectivity index (χ0) is 56.1. The minimum atomic E-state index is -2.05. The molecule has 1 unspecified atom stereocenters.